The summed E-state index contributed by atoms with van der Waals surface area (Å²) in [5.74, 6) is 0.834. The number of furan rings is 1. The lowest BCUT2D eigenvalue weighted by molar-refractivity contribution is -0.123. The number of carbonyl (C=O) groups is 1. The first-order valence-corrected chi connectivity index (χ1v) is 8.04. The lowest BCUT2D eigenvalue weighted by Crippen LogP contribution is -2.50. The van der Waals surface area contributed by atoms with E-state index in [-0.39, 0.29) is 11.9 Å². The Morgan fingerprint density at radius 3 is 2.73 bits per heavy atom. The van der Waals surface area contributed by atoms with Crippen LogP contribution in [0.5, 0.6) is 0 Å². The van der Waals surface area contributed by atoms with Crippen LogP contribution in [0.4, 0.5) is 0 Å². The molecule has 1 amide bonds. The van der Waals surface area contributed by atoms with Gasteiger partial charge in [-0.1, -0.05) is 0 Å². The molecule has 1 aliphatic heterocycles. The molecule has 1 aromatic heterocycles. The molecule has 1 atom stereocenters. The summed E-state index contributed by atoms with van der Waals surface area (Å²) < 4.78 is 10.7. The van der Waals surface area contributed by atoms with Gasteiger partial charge in [0.25, 0.3) is 0 Å². The summed E-state index contributed by atoms with van der Waals surface area (Å²) in [6.45, 7) is 10.8. The molecular formula is C16H27N3O3. The first kappa shape index (κ1) is 17.0. The first-order valence-electron chi connectivity index (χ1n) is 8.04. The molecule has 6 nitrogen and oxygen atoms in total. The van der Waals surface area contributed by atoms with Crippen molar-refractivity contribution in [1.29, 1.82) is 0 Å². The van der Waals surface area contributed by atoms with Gasteiger partial charge in [0.05, 0.1) is 25.5 Å². The van der Waals surface area contributed by atoms with Crippen molar-refractivity contribution in [3.63, 3.8) is 0 Å². The van der Waals surface area contributed by atoms with Gasteiger partial charge in [0, 0.05) is 39.3 Å². The average molecular weight is 309 g/mol. The molecule has 0 radical (unpaired) electrons. The fourth-order valence-corrected chi connectivity index (χ4v) is 2.61. The summed E-state index contributed by atoms with van der Waals surface area (Å²) in [7, 11) is 0. The topological polar surface area (TPSA) is 58.0 Å². The van der Waals surface area contributed by atoms with Crippen LogP contribution in [-0.4, -0.2) is 68.2 Å². The van der Waals surface area contributed by atoms with Crippen molar-refractivity contribution >= 4 is 5.91 Å². The number of amides is 1. The second-order valence-electron chi connectivity index (χ2n) is 5.62. The molecule has 0 aromatic carbocycles. The quantitative estimate of drug-likeness (QED) is 0.729. The Morgan fingerprint density at radius 2 is 2.09 bits per heavy atom. The Morgan fingerprint density at radius 1 is 1.36 bits per heavy atom. The van der Waals surface area contributed by atoms with Crippen molar-refractivity contribution in [2.45, 2.75) is 19.9 Å². The van der Waals surface area contributed by atoms with Crippen molar-refractivity contribution in [3.8, 4) is 0 Å². The van der Waals surface area contributed by atoms with E-state index in [1.165, 1.54) is 0 Å². The SMILES string of the molecule is CCOCCN1CCN(CC(=O)N[C@@H](C)c2ccco2)CC1. The third kappa shape index (κ3) is 5.44. The maximum absolute atomic E-state index is 12.1. The van der Waals surface area contributed by atoms with Crippen LogP contribution in [0.15, 0.2) is 22.8 Å². The van der Waals surface area contributed by atoms with E-state index in [1.54, 1.807) is 6.26 Å². The van der Waals surface area contributed by atoms with E-state index in [0.717, 1.165) is 51.7 Å². The van der Waals surface area contributed by atoms with Gasteiger partial charge < -0.3 is 14.5 Å². The summed E-state index contributed by atoms with van der Waals surface area (Å²) in [5, 5.41) is 2.97. The fourth-order valence-electron chi connectivity index (χ4n) is 2.61. The minimum Gasteiger partial charge on any atom is -0.467 e. The van der Waals surface area contributed by atoms with Gasteiger partial charge in [0.15, 0.2) is 0 Å². The Labute approximate surface area is 132 Å². The summed E-state index contributed by atoms with van der Waals surface area (Å²) in [4.78, 5) is 16.7. The third-order valence-electron chi connectivity index (χ3n) is 3.94. The van der Waals surface area contributed by atoms with E-state index >= 15 is 0 Å². The molecule has 1 N–H and O–H groups in total. The van der Waals surface area contributed by atoms with Crippen molar-refractivity contribution in [2.24, 2.45) is 0 Å². The van der Waals surface area contributed by atoms with Gasteiger partial charge in [-0.25, -0.2) is 0 Å². The average Bonchev–Trinajstić information content (AvgIpc) is 3.03. The zero-order valence-corrected chi connectivity index (χ0v) is 13.6. The Kier molecular flexibility index (Phi) is 6.89. The second-order valence-corrected chi connectivity index (χ2v) is 5.62. The highest BCUT2D eigenvalue weighted by atomic mass is 16.5. The van der Waals surface area contributed by atoms with Crippen LogP contribution in [0.2, 0.25) is 0 Å². The highest BCUT2D eigenvalue weighted by Crippen LogP contribution is 2.12. The maximum atomic E-state index is 12.1. The van der Waals surface area contributed by atoms with Gasteiger partial charge in [-0.3, -0.25) is 14.6 Å². The predicted octanol–water partition coefficient (Wildman–Crippen LogP) is 1.11. The van der Waals surface area contributed by atoms with E-state index < -0.39 is 0 Å². The first-order chi connectivity index (χ1) is 10.7. The minimum atomic E-state index is -0.0880. The van der Waals surface area contributed by atoms with E-state index in [9.17, 15) is 4.79 Å². The number of piperazine rings is 1. The summed E-state index contributed by atoms with van der Waals surface area (Å²) in [5.41, 5.74) is 0. The molecule has 124 valence electrons. The number of nitrogens with zero attached hydrogens (tertiary/aromatic N) is 2. The lowest BCUT2D eigenvalue weighted by atomic mass is 10.2. The van der Waals surface area contributed by atoms with Crippen molar-refractivity contribution in [1.82, 2.24) is 15.1 Å². The van der Waals surface area contributed by atoms with Crippen LogP contribution in [0.3, 0.4) is 0 Å². The molecular weight excluding hydrogens is 282 g/mol. The van der Waals surface area contributed by atoms with Gasteiger partial charge in [0.1, 0.15) is 5.76 Å². The van der Waals surface area contributed by atoms with Crippen molar-refractivity contribution in [3.05, 3.63) is 24.2 Å². The Bertz CT molecular complexity index is 428. The van der Waals surface area contributed by atoms with Crippen LogP contribution in [0.25, 0.3) is 0 Å². The molecule has 1 aliphatic rings. The van der Waals surface area contributed by atoms with Gasteiger partial charge in [-0.15, -0.1) is 0 Å². The fraction of sp³-hybridized carbons (Fsp3) is 0.688. The van der Waals surface area contributed by atoms with E-state index in [4.69, 9.17) is 9.15 Å². The molecule has 22 heavy (non-hydrogen) atoms. The molecule has 1 aromatic rings. The number of ether oxygens (including phenoxy) is 1. The number of hydrogen-bond acceptors (Lipinski definition) is 5. The zero-order valence-electron chi connectivity index (χ0n) is 13.6. The van der Waals surface area contributed by atoms with E-state index in [2.05, 4.69) is 15.1 Å². The maximum Gasteiger partial charge on any atom is 0.234 e. The molecule has 0 aliphatic carbocycles. The van der Waals surface area contributed by atoms with Gasteiger partial charge in [0.2, 0.25) is 5.91 Å². The van der Waals surface area contributed by atoms with Crippen LogP contribution in [-0.2, 0) is 9.53 Å². The number of hydrogen-bond donors (Lipinski definition) is 1. The second kappa shape index (κ2) is 8.92. The number of carbonyl (C=O) groups excluding carboxylic acids is 1. The molecule has 0 bridgehead atoms. The predicted molar refractivity (Wildman–Crippen MR) is 84.6 cm³/mol. The smallest absolute Gasteiger partial charge is 0.234 e. The van der Waals surface area contributed by atoms with Gasteiger partial charge >= 0.3 is 0 Å². The molecule has 1 saturated heterocycles. The molecule has 0 spiro atoms. The molecule has 2 heterocycles. The summed E-state index contributed by atoms with van der Waals surface area (Å²) >= 11 is 0. The summed E-state index contributed by atoms with van der Waals surface area (Å²) in [6, 6.07) is 3.62. The minimum absolute atomic E-state index is 0.0478. The zero-order chi connectivity index (χ0) is 15.8. The van der Waals surface area contributed by atoms with Crippen LogP contribution >= 0.6 is 0 Å². The number of nitrogens with one attached hydrogen (secondary N) is 1. The number of rotatable bonds is 8. The van der Waals surface area contributed by atoms with Crippen LogP contribution in [0.1, 0.15) is 25.6 Å². The van der Waals surface area contributed by atoms with Gasteiger partial charge in [-0.05, 0) is 26.0 Å². The largest absolute Gasteiger partial charge is 0.467 e. The van der Waals surface area contributed by atoms with E-state index in [0.29, 0.717) is 6.54 Å². The summed E-state index contributed by atoms with van der Waals surface area (Å²) in [6.07, 6.45) is 1.62. The van der Waals surface area contributed by atoms with Crippen molar-refractivity contribution < 1.29 is 13.9 Å². The normalized spacial score (nSPS) is 18.3. The van der Waals surface area contributed by atoms with Crippen LogP contribution < -0.4 is 5.32 Å². The third-order valence-corrected chi connectivity index (χ3v) is 3.94. The van der Waals surface area contributed by atoms with Gasteiger partial charge in [-0.2, -0.15) is 0 Å². The molecule has 2 rings (SSSR count). The highest BCUT2D eigenvalue weighted by molar-refractivity contribution is 5.78. The lowest BCUT2D eigenvalue weighted by Gasteiger charge is -2.34. The molecule has 0 unspecified atom stereocenters. The monoisotopic (exact) mass is 309 g/mol. The highest BCUT2D eigenvalue weighted by Gasteiger charge is 2.20. The van der Waals surface area contributed by atoms with Crippen molar-refractivity contribution in [2.75, 3.05) is 52.5 Å². The Hall–Kier alpha value is -1.37. The van der Waals surface area contributed by atoms with Crippen LogP contribution in [0, 0.1) is 0 Å². The van der Waals surface area contributed by atoms with E-state index in [1.807, 2.05) is 26.0 Å². The Balaban J connectivity index is 1.64. The molecule has 1 fully saturated rings. The molecule has 0 saturated carbocycles. The standard InChI is InChI=1S/C16H27N3O3/c1-3-21-12-10-18-6-8-19(9-7-18)13-16(20)17-14(2)15-5-4-11-22-15/h4-5,11,14H,3,6-10,12-13H2,1-2H3,(H,17,20)/t14-/m0/s1. The molecule has 6 heteroatoms.